The Labute approximate surface area is 107 Å². The molecule has 1 aromatic rings. The molecule has 1 rings (SSSR count). The number of halogens is 2. The number of nitrogens with one attached hydrogen (secondary N) is 1. The summed E-state index contributed by atoms with van der Waals surface area (Å²) in [5, 5.41) is 13.9. The lowest BCUT2D eigenvalue weighted by Gasteiger charge is -2.23. The molecule has 0 amide bonds. The van der Waals surface area contributed by atoms with E-state index in [0.717, 1.165) is 12.0 Å². The minimum atomic E-state index is -0.212. The lowest BCUT2D eigenvalue weighted by molar-refractivity contribution is 0.234. The summed E-state index contributed by atoms with van der Waals surface area (Å²) in [6.07, 6.45) is 0.985. The van der Waals surface area contributed by atoms with Gasteiger partial charge in [0.25, 0.3) is 0 Å². The van der Waals surface area contributed by atoms with Crippen LogP contribution in [0, 0.1) is 0 Å². The van der Waals surface area contributed by atoms with Crippen LogP contribution in [-0.4, -0.2) is 17.8 Å². The molecule has 0 aliphatic rings. The zero-order chi connectivity index (χ0) is 12.1. The van der Waals surface area contributed by atoms with Crippen LogP contribution in [-0.2, 0) is 0 Å². The quantitative estimate of drug-likeness (QED) is 0.852. The lowest BCUT2D eigenvalue weighted by atomic mass is 10.1. The van der Waals surface area contributed by atoms with Crippen LogP contribution in [0.25, 0.3) is 0 Å². The highest BCUT2D eigenvalue weighted by atomic mass is 35.5. The summed E-state index contributed by atoms with van der Waals surface area (Å²) in [7, 11) is 0. The highest BCUT2D eigenvalue weighted by Crippen LogP contribution is 2.30. The van der Waals surface area contributed by atoms with Gasteiger partial charge in [0.2, 0.25) is 0 Å². The van der Waals surface area contributed by atoms with Gasteiger partial charge in [-0.15, -0.1) is 0 Å². The Kier molecular flexibility index (Phi) is 5.56. The van der Waals surface area contributed by atoms with Gasteiger partial charge in [0.05, 0.1) is 12.6 Å². The molecule has 2 N–H and O–H groups in total. The average Bonchev–Trinajstić information content (AvgIpc) is 2.27. The Balaban J connectivity index is 2.94. The van der Waals surface area contributed by atoms with E-state index in [1.54, 1.807) is 18.2 Å². The number of hydrogen-bond acceptors (Lipinski definition) is 2. The largest absolute Gasteiger partial charge is 0.394 e. The van der Waals surface area contributed by atoms with Crippen LogP contribution < -0.4 is 5.32 Å². The molecule has 16 heavy (non-hydrogen) atoms. The van der Waals surface area contributed by atoms with E-state index in [4.69, 9.17) is 23.2 Å². The monoisotopic (exact) mass is 261 g/mol. The summed E-state index contributed by atoms with van der Waals surface area (Å²) < 4.78 is 0. The Bertz CT molecular complexity index is 324. The molecule has 0 heterocycles. The number of aliphatic hydroxyl groups is 1. The second kappa shape index (κ2) is 6.45. The van der Waals surface area contributed by atoms with Gasteiger partial charge in [-0.2, -0.15) is 0 Å². The molecule has 2 atom stereocenters. The zero-order valence-corrected chi connectivity index (χ0v) is 11.0. The SMILES string of the molecule is CCC(C)NC(CO)c1c(Cl)cccc1Cl. The van der Waals surface area contributed by atoms with Crippen LogP contribution >= 0.6 is 23.2 Å². The van der Waals surface area contributed by atoms with Crippen molar-refractivity contribution in [1.82, 2.24) is 5.32 Å². The van der Waals surface area contributed by atoms with E-state index in [1.807, 2.05) is 0 Å². The fourth-order valence-corrected chi connectivity index (χ4v) is 2.19. The van der Waals surface area contributed by atoms with Gasteiger partial charge in [-0.05, 0) is 25.5 Å². The molecule has 2 nitrogen and oxygen atoms in total. The first-order chi connectivity index (χ1) is 7.60. The minimum absolute atomic E-state index is 0.0200. The first-order valence-electron chi connectivity index (χ1n) is 5.41. The molecule has 90 valence electrons. The highest BCUT2D eigenvalue weighted by molar-refractivity contribution is 6.36. The third kappa shape index (κ3) is 3.36. The lowest BCUT2D eigenvalue weighted by Crippen LogP contribution is -2.32. The maximum atomic E-state index is 9.39. The number of rotatable bonds is 5. The van der Waals surface area contributed by atoms with Crippen molar-refractivity contribution in [3.8, 4) is 0 Å². The predicted molar refractivity (Wildman–Crippen MR) is 69.2 cm³/mol. The third-order valence-corrected chi connectivity index (χ3v) is 3.29. The standard InChI is InChI=1S/C12H17Cl2NO/c1-3-8(2)15-11(7-16)12-9(13)5-4-6-10(12)14/h4-6,8,11,15-16H,3,7H2,1-2H3. The van der Waals surface area contributed by atoms with Gasteiger partial charge >= 0.3 is 0 Å². The maximum Gasteiger partial charge on any atom is 0.0627 e. The first-order valence-corrected chi connectivity index (χ1v) is 6.16. The van der Waals surface area contributed by atoms with Crippen LogP contribution in [0.1, 0.15) is 31.9 Å². The van der Waals surface area contributed by atoms with E-state index in [0.29, 0.717) is 16.1 Å². The summed E-state index contributed by atoms with van der Waals surface area (Å²) in [6.45, 7) is 4.13. The number of aliphatic hydroxyl groups excluding tert-OH is 1. The van der Waals surface area contributed by atoms with Crippen LogP contribution in [0.15, 0.2) is 18.2 Å². The second-order valence-electron chi connectivity index (χ2n) is 3.85. The van der Waals surface area contributed by atoms with Crippen molar-refractivity contribution in [2.75, 3.05) is 6.61 Å². The third-order valence-electron chi connectivity index (χ3n) is 2.63. The van der Waals surface area contributed by atoms with E-state index < -0.39 is 0 Å². The van der Waals surface area contributed by atoms with Crippen molar-refractivity contribution in [2.24, 2.45) is 0 Å². The maximum absolute atomic E-state index is 9.39. The number of hydrogen-bond donors (Lipinski definition) is 2. The van der Waals surface area contributed by atoms with Gasteiger partial charge in [-0.3, -0.25) is 0 Å². The van der Waals surface area contributed by atoms with Crippen LogP contribution in [0.5, 0.6) is 0 Å². The topological polar surface area (TPSA) is 32.3 Å². The van der Waals surface area contributed by atoms with E-state index in [2.05, 4.69) is 19.2 Å². The van der Waals surface area contributed by atoms with Crippen molar-refractivity contribution in [2.45, 2.75) is 32.4 Å². The van der Waals surface area contributed by atoms with Gasteiger partial charge in [0.15, 0.2) is 0 Å². The minimum Gasteiger partial charge on any atom is -0.394 e. The summed E-state index contributed by atoms with van der Waals surface area (Å²) >= 11 is 12.2. The Hall–Kier alpha value is -0.280. The molecule has 4 heteroatoms. The molecule has 0 aliphatic heterocycles. The van der Waals surface area contributed by atoms with Crippen molar-refractivity contribution in [3.05, 3.63) is 33.8 Å². The summed E-state index contributed by atoms with van der Waals surface area (Å²) in [6, 6.07) is 5.46. The molecular formula is C12H17Cl2NO. The Morgan fingerprint density at radius 3 is 2.31 bits per heavy atom. The van der Waals surface area contributed by atoms with Crippen molar-refractivity contribution < 1.29 is 5.11 Å². The molecule has 0 aliphatic carbocycles. The smallest absolute Gasteiger partial charge is 0.0627 e. The predicted octanol–water partition coefficient (Wildman–Crippen LogP) is 3.41. The molecule has 0 aromatic heterocycles. The summed E-state index contributed by atoms with van der Waals surface area (Å²) in [5.74, 6) is 0. The van der Waals surface area contributed by atoms with Gasteiger partial charge in [-0.1, -0.05) is 36.2 Å². The zero-order valence-electron chi connectivity index (χ0n) is 9.50. The van der Waals surface area contributed by atoms with Crippen LogP contribution in [0.2, 0.25) is 10.0 Å². The van der Waals surface area contributed by atoms with Gasteiger partial charge < -0.3 is 10.4 Å². The van der Waals surface area contributed by atoms with Crippen LogP contribution in [0.3, 0.4) is 0 Å². The fourth-order valence-electron chi connectivity index (χ4n) is 1.53. The highest BCUT2D eigenvalue weighted by Gasteiger charge is 2.18. The van der Waals surface area contributed by atoms with Crippen LogP contribution in [0.4, 0.5) is 0 Å². The molecule has 0 radical (unpaired) electrons. The molecule has 0 saturated carbocycles. The second-order valence-corrected chi connectivity index (χ2v) is 4.66. The fraction of sp³-hybridized carbons (Fsp3) is 0.500. The normalized spacial score (nSPS) is 14.8. The van der Waals surface area contributed by atoms with Gasteiger partial charge in [0.1, 0.15) is 0 Å². The Morgan fingerprint density at radius 1 is 1.31 bits per heavy atom. The average molecular weight is 262 g/mol. The molecule has 0 spiro atoms. The van der Waals surface area contributed by atoms with E-state index in [-0.39, 0.29) is 12.6 Å². The van der Waals surface area contributed by atoms with Crippen molar-refractivity contribution >= 4 is 23.2 Å². The van der Waals surface area contributed by atoms with Crippen molar-refractivity contribution in [1.29, 1.82) is 0 Å². The Morgan fingerprint density at radius 2 is 1.88 bits per heavy atom. The number of benzene rings is 1. The molecule has 0 bridgehead atoms. The van der Waals surface area contributed by atoms with Crippen molar-refractivity contribution in [3.63, 3.8) is 0 Å². The molecule has 0 fully saturated rings. The summed E-state index contributed by atoms with van der Waals surface area (Å²) in [5.41, 5.74) is 0.772. The molecule has 0 saturated heterocycles. The molecule has 2 unspecified atom stereocenters. The summed E-state index contributed by atoms with van der Waals surface area (Å²) in [4.78, 5) is 0. The molecule has 1 aromatic carbocycles. The van der Waals surface area contributed by atoms with E-state index in [9.17, 15) is 5.11 Å². The van der Waals surface area contributed by atoms with E-state index >= 15 is 0 Å². The molecular weight excluding hydrogens is 245 g/mol. The van der Waals surface area contributed by atoms with E-state index in [1.165, 1.54) is 0 Å². The van der Waals surface area contributed by atoms with Gasteiger partial charge in [-0.25, -0.2) is 0 Å². The van der Waals surface area contributed by atoms with Gasteiger partial charge in [0, 0.05) is 21.7 Å². The first kappa shape index (κ1) is 13.8.